The predicted molar refractivity (Wildman–Crippen MR) is 136 cm³/mol. The first kappa shape index (κ1) is 22.5. The third-order valence-electron chi connectivity index (χ3n) is 6.31. The van der Waals surface area contributed by atoms with Crippen molar-refractivity contribution in [2.24, 2.45) is 11.7 Å². The van der Waals surface area contributed by atoms with Crippen molar-refractivity contribution in [3.05, 3.63) is 73.2 Å². The van der Waals surface area contributed by atoms with Crippen LogP contribution in [0.4, 0.5) is 10.6 Å². The summed E-state index contributed by atoms with van der Waals surface area (Å²) in [5.74, 6) is 1.95. The minimum absolute atomic E-state index is 0.0411. The molecule has 2 aromatic heterocycles. The molecular weight excluding hydrogens is 442 g/mol. The third-order valence-corrected chi connectivity index (χ3v) is 6.31. The number of carbonyl (C=O) groups is 1. The van der Waals surface area contributed by atoms with Gasteiger partial charge in [-0.25, -0.2) is 14.8 Å². The number of nitrogen functional groups attached to an aromatic ring is 1. The summed E-state index contributed by atoms with van der Waals surface area (Å²) < 4.78 is 13.4. The maximum atomic E-state index is 11.4. The fourth-order valence-corrected chi connectivity index (χ4v) is 4.92. The van der Waals surface area contributed by atoms with Crippen molar-refractivity contribution in [3.8, 4) is 22.6 Å². The number of carbonyl (C=O) groups excluding carboxylic acids is 1. The van der Waals surface area contributed by atoms with Gasteiger partial charge in [0.1, 0.15) is 34.9 Å². The largest absolute Gasteiger partial charge is 0.457 e. The van der Waals surface area contributed by atoms with E-state index >= 15 is 0 Å². The molecule has 1 amide bonds. The number of rotatable bonds is 6. The lowest BCUT2D eigenvalue weighted by molar-refractivity contribution is 0.0314. The van der Waals surface area contributed by atoms with Gasteiger partial charge in [0.15, 0.2) is 0 Å². The fraction of sp³-hybridized carbons (Fsp3) is 0.222. The summed E-state index contributed by atoms with van der Waals surface area (Å²) in [5.41, 5.74) is 15.4. The number of amides is 1. The van der Waals surface area contributed by atoms with Gasteiger partial charge in [0, 0.05) is 18.0 Å². The van der Waals surface area contributed by atoms with Gasteiger partial charge in [-0.15, -0.1) is 0 Å². The van der Waals surface area contributed by atoms with Gasteiger partial charge in [0.2, 0.25) is 0 Å². The first-order valence-corrected chi connectivity index (χ1v) is 11.4. The van der Waals surface area contributed by atoms with E-state index in [9.17, 15) is 4.79 Å². The number of nitrogens with two attached hydrogens (primary N) is 2. The zero-order valence-electron chi connectivity index (χ0n) is 19.7. The quantitative estimate of drug-likeness (QED) is 0.391. The minimum atomic E-state index is -0.789. The molecule has 8 heteroatoms. The van der Waals surface area contributed by atoms with Gasteiger partial charge < -0.3 is 25.5 Å². The maximum Gasteiger partial charge on any atom is 0.405 e. The maximum absolute atomic E-state index is 11.4. The third kappa shape index (κ3) is 4.19. The Balaban J connectivity index is 1.54. The molecule has 1 aliphatic rings. The summed E-state index contributed by atoms with van der Waals surface area (Å²) in [6, 6.07) is 17.5. The van der Waals surface area contributed by atoms with Gasteiger partial charge in [-0.3, -0.25) is 0 Å². The molecule has 2 aromatic carbocycles. The molecule has 35 heavy (non-hydrogen) atoms. The van der Waals surface area contributed by atoms with Crippen molar-refractivity contribution in [3.63, 3.8) is 0 Å². The molecule has 0 unspecified atom stereocenters. The Bertz CT molecular complexity index is 1420. The van der Waals surface area contributed by atoms with E-state index in [0.29, 0.717) is 18.8 Å². The van der Waals surface area contributed by atoms with Gasteiger partial charge in [0.25, 0.3) is 0 Å². The summed E-state index contributed by atoms with van der Waals surface area (Å²) in [7, 11) is 0. The Kier molecular flexibility index (Phi) is 5.43. The van der Waals surface area contributed by atoms with Gasteiger partial charge in [0.05, 0.1) is 11.1 Å². The molecule has 0 bridgehead atoms. The van der Waals surface area contributed by atoms with Crippen LogP contribution in [0.25, 0.3) is 27.7 Å². The Hall–Kier alpha value is -4.33. The second kappa shape index (κ2) is 8.47. The van der Waals surface area contributed by atoms with Crippen molar-refractivity contribution in [1.82, 2.24) is 14.5 Å². The zero-order valence-corrected chi connectivity index (χ0v) is 19.7. The number of nitrogens with zero attached hydrogens (tertiary/aromatic N) is 3. The Morgan fingerprint density at radius 3 is 2.49 bits per heavy atom. The number of para-hydroxylation sites is 1. The topological polar surface area (TPSA) is 118 Å². The van der Waals surface area contributed by atoms with Crippen LogP contribution in [0, 0.1) is 5.92 Å². The van der Waals surface area contributed by atoms with Gasteiger partial charge in [-0.2, -0.15) is 0 Å². The highest BCUT2D eigenvalue weighted by Crippen LogP contribution is 2.47. The highest BCUT2D eigenvalue weighted by molar-refractivity contribution is 6.06. The number of primary amides is 1. The van der Waals surface area contributed by atoms with E-state index in [1.54, 1.807) is 0 Å². The van der Waals surface area contributed by atoms with Crippen LogP contribution < -0.4 is 16.2 Å². The average Bonchev–Trinajstić information content (AvgIpc) is 3.29. The van der Waals surface area contributed by atoms with E-state index in [4.69, 9.17) is 20.9 Å². The number of hydrogen-bond acceptors (Lipinski definition) is 6. The van der Waals surface area contributed by atoms with Crippen LogP contribution >= 0.6 is 0 Å². The van der Waals surface area contributed by atoms with Crippen LogP contribution in [0.5, 0.6) is 11.5 Å². The molecule has 1 aliphatic heterocycles. The van der Waals surface area contributed by atoms with E-state index < -0.39 is 11.7 Å². The van der Waals surface area contributed by atoms with Gasteiger partial charge in [-0.1, -0.05) is 36.9 Å². The molecule has 8 nitrogen and oxygen atoms in total. The molecular formula is C27H27N5O3. The molecule has 178 valence electrons. The van der Waals surface area contributed by atoms with Crippen molar-refractivity contribution in [2.75, 3.05) is 5.73 Å². The standard InChI is InChI=1S/C27H27N5O3/c1-16-18(13-27(2,3)35-26(29)33)14-32-23(16)21(22-24(28)30-15-31-25(22)32)17-9-11-20(12-10-17)34-19-7-5-4-6-8-19/h4-12,15,18H,1,13-14H2,2-3H3,(H2,29,33)(H2,28,30,31)/t18-/m0/s1. The molecule has 0 radical (unpaired) electrons. The van der Waals surface area contributed by atoms with Crippen molar-refractivity contribution >= 4 is 28.5 Å². The molecule has 0 fully saturated rings. The molecule has 0 saturated carbocycles. The number of hydrogen-bond donors (Lipinski definition) is 2. The Morgan fingerprint density at radius 1 is 1.11 bits per heavy atom. The molecule has 0 spiro atoms. The lowest BCUT2D eigenvalue weighted by Gasteiger charge is -2.27. The fourth-order valence-electron chi connectivity index (χ4n) is 4.92. The molecule has 1 atom stereocenters. The average molecular weight is 470 g/mol. The SMILES string of the molecule is C=C1c2c(-c3ccc(Oc4ccccc4)cc3)c3c(N)ncnc3n2C[C@@H]1CC(C)(C)OC(N)=O. The van der Waals surface area contributed by atoms with E-state index in [2.05, 4.69) is 21.1 Å². The summed E-state index contributed by atoms with van der Waals surface area (Å²) in [6.45, 7) is 8.76. The van der Waals surface area contributed by atoms with Crippen LogP contribution in [0.15, 0.2) is 67.5 Å². The zero-order chi connectivity index (χ0) is 24.7. The first-order chi connectivity index (χ1) is 16.7. The smallest absolute Gasteiger partial charge is 0.405 e. The number of ether oxygens (including phenoxy) is 2. The summed E-state index contributed by atoms with van der Waals surface area (Å²) in [4.78, 5) is 20.2. The Morgan fingerprint density at radius 2 is 1.80 bits per heavy atom. The summed E-state index contributed by atoms with van der Waals surface area (Å²) in [5, 5.41) is 0.798. The molecule has 3 heterocycles. The molecule has 5 rings (SSSR count). The number of aromatic nitrogens is 3. The highest BCUT2D eigenvalue weighted by Gasteiger charge is 2.37. The Labute approximate surface area is 203 Å². The second-order valence-corrected chi connectivity index (χ2v) is 9.34. The van der Waals surface area contributed by atoms with Crippen LogP contribution in [0.2, 0.25) is 0 Å². The summed E-state index contributed by atoms with van der Waals surface area (Å²) in [6.07, 6.45) is 1.26. The van der Waals surface area contributed by atoms with E-state index in [1.807, 2.05) is 68.4 Å². The van der Waals surface area contributed by atoms with Crippen molar-refractivity contribution < 1.29 is 14.3 Å². The highest BCUT2D eigenvalue weighted by atomic mass is 16.6. The molecule has 0 aliphatic carbocycles. The van der Waals surface area contributed by atoms with E-state index in [1.165, 1.54) is 6.33 Å². The van der Waals surface area contributed by atoms with Crippen molar-refractivity contribution in [2.45, 2.75) is 32.4 Å². The van der Waals surface area contributed by atoms with Crippen LogP contribution in [0.3, 0.4) is 0 Å². The minimum Gasteiger partial charge on any atom is -0.457 e. The number of allylic oxidation sites excluding steroid dienone is 1. The van der Waals surface area contributed by atoms with Gasteiger partial charge >= 0.3 is 6.09 Å². The summed E-state index contributed by atoms with van der Waals surface area (Å²) >= 11 is 0. The molecule has 4 aromatic rings. The van der Waals surface area contributed by atoms with E-state index in [0.717, 1.165) is 44.9 Å². The predicted octanol–water partition coefficient (Wildman–Crippen LogP) is 5.38. The van der Waals surface area contributed by atoms with Crippen LogP contribution in [-0.2, 0) is 11.3 Å². The van der Waals surface area contributed by atoms with E-state index in [-0.39, 0.29) is 5.92 Å². The monoisotopic (exact) mass is 469 g/mol. The molecule has 4 N–H and O–H groups in total. The second-order valence-electron chi connectivity index (χ2n) is 9.34. The van der Waals surface area contributed by atoms with Crippen molar-refractivity contribution in [1.29, 1.82) is 0 Å². The molecule has 0 saturated heterocycles. The lowest BCUT2D eigenvalue weighted by atomic mass is 9.87. The van der Waals surface area contributed by atoms with Gasteiger partial charge in [-0.05, 0) is 55.7 Å². The lowest BCUT2D eigenvalue weighted by Crippen LogP contribution is -2.33. The first-order valence-electron chi connectivity index (χ1n) is 11.4. The van der Waals surface area contributed by atoms with Crippen LogP contribution in [-0.4, -0.2) is 26.2 Å². The number of benzene rings is 2. The number of fused-ring (bicyclic) bond motifs is 3. The number of anilines is 1. The van der Waals surface area contributed by atoms with Crippen LogP contribution in [0.1, 0.15) is 26.0 Å². The normalized spacial score (nSPS) is 15.3.